The van der Waals surface area contributed by atoms with Crippen LogP contribution in [0.5, 0.6) is 0 Å². The highest BCUT2D eigenvalue weighted by Crippen LogP contribution is 2.46. The summed E-state index contributed by atoms with van der Waals surface area (Å²) < 4.78 is 11.5. The molecule has 0 radical (unpaired) electrons. The second-order valence-corrected chi connectivity index (χ2v) is 15.3. The molecule has 0 atom stereocenters. The van der Waals surface area contributed by atoms with Crippen LogP contribution in [0.3, 0.4) is 0 Å². The fourth-order valence-electron chi connectivity index (χ4n) is 10.1. The molecule has 0 unspecified atom stereocenters. The Kier molecular flexibility index (Phi) is 5.45. The van der Waals surface area contributed by atoms with Gasteiger partial charge in [-0.1, -0.05) is 133 Å². The van der Waals surface area contributed by atoms with E-state index in [0.717, 1.165) is 71.4 Å². The van der Waals surface area contributed by atoms with Crippen molar-refractivity contribution in [2.45, 2.75) is 0 Å². The number of benzene rings is 9. The van der Waals surface area contributed by atoms with Crippen molar-refractivity contribution >= 4 is 114 Å². The van der Waals surface area contributed by atoms with E-state index < -0.39 is 0 Å². The van der Waals surface area contributed by atoms with Crippen molar-refractivity contribution in [2.24, 2.45) is 0 Å². The first-order valence-corrected chi connectivity index (χ1v) is 19.4. The lowest BCUT2D eigenvalue weighted by Gasteiger charge is -2.14. The maximum atomic E-state index is 6.65. The van der Waals surface area contributed by atoms with Gasteiger partial charge in [-0.3, -0.25) is 4.57 Å². The van der Waals surface area contributed by atoms with Crippen LogP contribution in [0.15, 0.2) is 174 Å². The van der Waals surface area contributed by atoms with Gasteiger partial charge in [0.25, 0.3) is 0 Å². The van der Waals surface area contributed by atoms with Gasteiger partial charge in [0.05, 0.1) is 38.8 Å². The van der Waals surface area contributed by atoms with Gasteiger partial charge in [-0.2, -0.15) is 0 Å². The molecule has 0 fully saturated rings. The fourth-order valence-corrected chi connectivity index (χ4v) is 10.1. The van der Waals surface area contributed by atoms with Gasteiger partial charge in [-0.25, -0.2) is 9.97 Å². The van der Waals surface area contributed by atoms with Gasteiger partial charge in [-0.05, 0) is 52.6 Å². The molecule has 14 rings (SSSR count). The molecule has 0 aliphatic heterocycles. The number of hydrogen-bond donors (Lipinski definition) is 0. The van der Waals surface area contributed by atoms with E-state index in [1.807, 2.05) is 12.1 Å². The predicted molar refractivity (Wildman–Crippen MR) is 236 cm³/mol. The molecule has 57 heavy (non-hydrogen) atoms. The summed E-state index contributed by atoms with van der Waals surface area (Å²) in [7, 11) is 0. The SMILES string of the molecule is c1ccc2c(c1)ccc1c(-c3cccc4c3oc3ccccc34)nc(-n3c4cccc5c6cccc7c8ccc9ccccc9c8n(c8cccc3c8c54)c67)nc12. The molecule has 5 heterocycles. The van der Waals surface area contributed by atoms with E-state index in [9.17, 15) is 0 Å². The van der Waals surface area contributed by atoms with E-state index >= 15 is 0 Å². The van der Waals surface area contributed by atoms with E-state index in [-0.39, 0.29) is 0 Å². The van der Waals surface area contributed by atoms with Crippen LogP contribution in [0.2, 0.25) is 0 Å². The van der Waals surface area contributed by atoms with Crippen molar-refractivity contribution in [3.05, 3.63) is 170 Å². The van der Waals surface area contributed by atoms with Crippen LogP contribution in [0.4, 0.5) is 0 Å². The molecule has 0 spiro atoms. The molecule has 0 aliphatic rings. The van der Waals surface area contributed by atoms with Crippen LogP contribution in [0.25, 0.3) is 131 Å². The quantitative estimate of drug-likeness (QED) is 0.167. The van der Waals surface area contributed by atoms with E-state index in [0.29, 0.717) is 5.95 Å². The molecule has 0 saturated heterocycles. The first-order chi connectivity index (χ1) is 28.3. The Labute approximate surface area is 323 Å². The third-order valence-corrected chi connectivity index (χ3v) is 12.4. The molecule has 0 saturated carbocycles. The Morgan fingerprint density at radius 2 is 0.965 bits per heavy atom. The van der Waals surface area contributed by atoms with Crippen molar-refractivity contribution in [2.75, 3.05) is 0 Å². The second-order valence-electron chi connectivity index (χ2n) is 15.3. The standard InChI is InChI=1S/C52H28N4O/c1-3-13-31-29(11-1)26-28-39-47(31)53-52(54-48(39)40-20-8-19-38-33-15-5-6-24-44(33)57-51(38)40)55-41-21-9-16-34-35-17-7-18-36-37-27-25-30-12-2-4-14-32(30)49(37)56(50(35)36)43-23-10-22-42(55)46(43)45(34)41/h1-28H. The first kappa shape index (κ1) is 29.6. The van der Waals surface area contributed by atoms with Crippen LogP contribution in [-0.2, 0) is 0 Å². The average molecular weight is 725 g/mol. The lowest BCUT2D eigenvalue weighted by molar-refractivity contribution is 0.670. The lowest BCUT2D eigenvalue weighted by Crippen LogP contribution is -2.04. The summed E-state index contributed by atoms with van der Waals surface area (Å²) in [5, 5.41) is 15.2. The molecular weight excluding hydrogens is 697 g/mol. The predicted octanol–water partition coefficient (Wildman–Crippen LogP) is 13.7. The van der Waals surface area contributed by atoms with Crippen LogP contribution >= 0.6 is 0 Å². The third kappa shape index (κ3) is 3.69. The first-order valence-electron chi connectivity index (χ1n) is 19.4. The Bertz CT molecular complexity index is 4050. The van der Waals surface area contributed by atoms with E-state index in [4.69, 9.17) is 14.4 Å². The minimum absolute atomic E-state index is 0.623. The second kappa shape index (κ2) is 10.5. The lowest BCUT2D eigenvalue weighted by atomic mass is 10.0. The highest BCUT2D eigenvalue weighted by Gasteiger charge is 2.25. The van der Waals surface area contributed by atoms with Crippen LogP contribution in [-0.4, -0.2) is 18.9 Å². The molecule has 0 amide bonds. The topological polar surface area (TPSA) is 48.3 Å². The highest BCUT2D eigenvalue weighted by atomic mass is 16.3. The fraction of sp³-hybridized carbons (Fsp3) is 0. The molecule has 0 bridgehead atoms. The minimum atomic E-state index is 0.623. The summed E-state index contributed by atoms with van der Waals surface area (Å²) in [5.74, 6) is 0.623. The van der Waals surface area contributed by atoms with Gasteiger partial charge < -0.3 is 8.82 Å². The largest absolute Gasteiger partial charge is 0.455 e. The molecule has 5 aromatic heterocycles. The summed E-state index contributed by atoms with van der Waals surface area (Å²) in [6, 6.07) is 61.0. The van der Waals surface area contributed by atoms with Crippen molar-refractivity contribution in [3.8, 4) is 17.2 Å². The maximum absolute atomic E-state index is 6.65. The molecule has 14 aromatic rings. The van der Waals surface area contributed by atoms with Gasteiger partial charge in [0.15, 0.2) is 0 Å². The molecule has 0 aliphatic carbocycles. The monoisotopic (exact) mass is 724 g/mol. The molecule has 0 N–H and O–H groups in total. The molecule has 5 nitrogen and oxygen atoms in total. The van der Waals surface area contributed by atoms with Gasteiger partial charge >= 0.3 is 0 Å². The summed E-state index contributed by atoms with van der Waals surface area (Å²) in [6.07, 6.45) is 0. The molecule has 5 heteroatoms. The Morgan fingerprint density at radius 3 is 1.84 bits per heavy atom. The van der Waals surface area contributed by atoms with Crippen LogP contribution in [0.1, 0.15) is 0 Å². The van der Waals surface area contributed by atoms with E-state index in [2.05, 4.69) is 167 Å². The number of furan rings is 1. The highest BCUT2D eigenvalue weighted by molar-refractivity contribution is 6.32. The summed E-state index contributed by atoms with van der Waals surface area (Å²) >= 11 is 0. The Morgan fingerprint density at radius 1 is 0.386 bits per heavy atom. The minimum Gasteiger partial charge on any atom is -0.455 e. The number of para-hydroxylation sites is 3. The van der Waals surface area contributed by atoms with Crippen molar-refractivity contribution in [1.82, 2.24) is 18.9 Å². The molecule has 9 aromatic carbocycles. The van der Waals surface area contributed by atoms with Crippen molar-refractivity contribution < 1.29 is 4.42 Å². The van der Waals surface area contributed by atoms with E-state index in [1.165, 1.54) is 54.1 Å². The number of hydrogen-bond acceptors (Lipinski definition) is 3. The van der Waals surface area contributed by atoms with Gasteiger partial charge in [0.1, 0.15) is 11.2 Å². The van der Waals surface area contributed by atoms with Crippen molar-refractivity contribution in [1.29, 1.82) is 0 Å². The summed E-state index contributed by atoms with van der Waals surface area (Å²) in [6.45, 7) is 0. The Balaban J connectivity index is 1.19. The summed E-state index contributed by atoms with van der Waals surface area (Å²) in [5.41, 5.74) is 10.1. The normalized spacial score (nSPS) is 12.6. The molecule has 262 valence electrons. The number of nitrogens with zero attached hydrogens (tertiary/aromatic N) is 4. The molecular formula is C52H28N4O. The zero-order valence-electron chi connectivity index (χ0n) is 30.4. The average Bonchev–Trinajstić information content (AvgIpc) is 3.91. The number of rotatable bonds is 2. The van der Waals surface area contributed by atoms with Gasteiger partial charge in [-0.15, -0.1) is 0 Å². The summed E-state index contributed by atoms with van der Waals surface area (Å²) in [4.78, 5) is 11.1. The van der Waals surface area contributed by atoms with Gasteiger partial charge in [0, 0.05) is 59.4 Å². The number of fused-ring (bicyclic) bond motifs is 13. The zero-order chi connectivity index (χ0) is 36.9. The Hall–Kier alpha value is -7.76. The third-order valence-electron chi connectivity index (χ3n) is 12.4. The van der Waals surface area contributed by atoms with Crippen LogP contribution < -0.4 is 0 Å². The van der Waals surface area contributed by atoms with Gasteiger partial charge in [0.2, 0.25) is 5.95 Å². The number of aromatic nitrogens is 4. The van der Waals surface area contributed by atoms with Crippen LogP contribution in [0, 0.1) is 0 Å². The van der Waals surface area contributed by atoms with E-state index in [1.54, 1.807) is 0 Å². The van der Waals surface area contributed by atoms with Crippen molar-refractivity contribution in [3.63, 3.8) is 0 Å². The smallest absolute Gasteiger partial charge is 0.235 e. The maximum Gasteiger partial charge on any atom is 0.235 e. The zero-order valence-corrected chi connectivity index (χ0v) is 30.4.